The van der Waals surface area contributed by atoms with E-state index in [1.807, 2.05) is 0 Å². The number of aromatic carboxylic acids is 1. The molecule has 4 rings (SSSR count). The number of benzene rings is 3. The predicted octanol–water partition coefficient (Wildman–Crippen LogP) is 1.29. The van der Waals surface area contributed by atoms with E-state index in [9.17, 15) is 34.2 Å². The molecule has 0 atom stereocenters. The van der Waals surface area contributed by atoms with Crippen molar-refractivity contribution in [2.45, 2.75) is 6.42 Å². The highest BCUT2D eigenvalue weighted by atomic mass is 32.1. The number of thiol groups is 1. The monoisotopic (exact) mass is 650 g/mol. The highest BCUT2D eigenvalue weighted by Crippen LogP contribution is 2.42. The second kappa shape index (κ2) is 15.0. The van der Waals surface area contributed by atoms with Gasteiger partial charge in [-0.3, -0.25) is 19.2 Å². The van der Waals surface area contributed by atoms with E-state index in [0.717, 1.165) is 0 Å². The smallest absolute Gasteiger partial charge is 0.336 e. The predicted molar refractivity (Wildman–Crippen MR) is 173 cm³/mol. The Morgan fingerprint density at radius 2 is 1.53 bits per heavy atom. The summed E-state index contributed by atoms with van der Waals surface area (Å²) in [6, 6.07) is 13.0. The lowest BCUT2D eigenvalue weighted by atomic mass is 9.90. The zero-order valence-corrected chi connectivity index (χ0v) is 25.3. The molecular formula is C30H28N5O8S2-. The number of carboxylic acid groups (broad SMARTS) is 1. The average Bonchev–Trinajstić information content (AvgIpc) is 3.00. The molecule has 0 radical (unpaired) electrons. The van der Waals surface area contributed by atoms with Gasteiger partial charge in [-0.1, -0.05) is 18.2 Å². The number of hydrogen-bond donors (Lipinski definition) is 7. The number of carboxylic acids is 1. The van der Waals surface area contributed by atoms with Crippen molar-refractivity contribution in [2.75, 3.05) is 37.2 Å². The van der Waals surface area contributed by atoms with E-state index >= 15 is 0 Å². The first-order chi connectivity index (χ1) is 21.5. The fourth-order valence-electron chi connectivity index (χ4n) is 4.38. The lowest BCUT2D eigenvalue weighted by Gasteiger charge is -2.18. The van der Waals surface area contributed by atoms with Crippen molar-refractivity contribution < 1.29 is 33.8 Å². The highest BCUT2D eigenvalue weighted by Gasteiger charge is 2.22. The van der Waals surface area contributed by atoms with Gasteiger partial charge >= 0.3 is 5.97 Å². The summed E-state index contributed by atoms with van der Waals surface area (Å²) in [5.41, 5.74) is 1.54. The Hall–Kier alpha value is -5.15. The third-order valence-corrected chi connectivity index (χ3v) is 6.88. The molecule has 6 N–H and O–H groups in total. The molecule has 0 aromatic heterocycles. The summed E-state index contributed by atoms with van der Waals surface area (Å²) in [7, 11) is 0. The Balaban J connectivity index is 1.38. The van der Waals surface area contributed by atoms with Crippen LogP contribution in [0.2, 0.25) is 0 Å². The van der Waals surface area contributed by atoms with Crippen LogP contribution in [0.25, 0.3) is 33.4 Å². The Labute approximate surface area is 267 Å². The van der Waals surface area contributed by atoms with Crippen LogP contribution in [0.15, 0.2) is 63.8 Å². The zero-order chi connectivity index (χ0) is 32.5. The lowest BCUT2D eigenvalue weighted by molar-refractivity contribution is -0.268. The molecular weight excluding hydrogens is 622 g/mol. The SMILES string of the molecule is O=C(CCS)NCC(=O)NCC(=O)NCCNC(=S)Nc1ccc(-c2c3ccc(=O)cc-3oc3cc([O-])ccc23)c(C(=O)O)c1. The first kappa shape index (κ1) is 32.8. The van der Waals surface area contributed by atoms with Gasteiger partial charge in [0.05, 0.1) is 18.7 Å². The second-order valence-corrected chi connectivity index (χ2v) is 10.5. The molecule has 0 fully saturated rings. The molecule has 0 unspecified atom stereocenters. The molecule has 15 heteroatoms. The fraction of sp³-hybridized carbons (Fsp3) is 0.200. The molecule has 2 aromatic carbocycles. The molecule has 2 aliphatic rings. The van der Waals surface area contributed by atoms with Gasteiger partial charge in [0.1, 0.15) is 11.3 Å². The van der Waals surface area contributed by atoms with Gasteiger partial charge in [0.2, 0.25) is 17.7 Å². The van der Waals surface area contributed by atoms with Crippen LogP contribution in [0.4, 0.5) is 5.69 Å². The van der Waals surface area contributed by atoms with Crippen LogP contribution in [0, 0.1) is 0 Å². The molecule has 3 amide bonds. The topological polar surface area (TPSA) is 202 Å². The number of carbonyl (C=O) groups excluding carboxylic acids is 3. The third kappa shape index (κ3) is 8.70. The van der Waals surface area contributed by atoms with Gasteiger partial charge in [0, 0.05) is 47.8 Å². The minimum atomic E-state index is -1.22. The maximum absolute atomic E-state index is 12.4. The normalized spacial score (nSPS) is 10.7. The van der Waals surface area contributed by atoms with Crippen molar-refractivity contribution >= 4 is 70.3 Å². The molecule has 0 saturated heterocycles. The molecule has 13 nitrogen and oxygen atoms in total. The molecule has 0 saturated carbocycles. The summed E-state index contributed by atoms with van der Waals surface area (Å²) in [5.74, 6) is -2.22. The number of nitrogens with one attached hydrogen (secondary N) is 5. The van der Waals surface area contributed by atoms with E-state index in [2.05, 4.69) is 39.2 Å². The van der Waals surface area contributed by atoms with Crippen LogP contribution in [0.5, 0.6) is 5.75 Å². The molecule has 234 valence electrons. The Bertz CT molecular complexity index is 1810. The highest BCUT2D eigenvalue weighted by molar-refractivity contribution is 7.80. The van der Waals surface area contributed by atoms with Crippen LogP contribution in [-0.4, -0.2) is 65.8 Å². The van der Waals surface area contributed by atoms with Crippen LogP contribution in [0.1, 0.15) is 16.8 Å². The molecule has 1 heterocycles. The summed E-state index contributed by atoms with van der Waals surface area (Å²) < 4.78 is 5.81. The number of rotatable bonds is 12. The molecule has 1 aliphatic heterocycles. The van der Waals surface area contributed by atoms with E-state index in [1.165, 1.54) is 30.3 Å². The maximum Gasteiger partial charge on any atom is 0.336 e. The number of anilines is 1. The van der Waals surface area contributed by atoms with Crippen LogP contribution in [0.3, 0.4) is 0 Å². The first-order valence-electron chi connectivity index (χ1n) is 13.6. The Morgan fingerprint density at radius 3 is 2.27 bits per heavy atom. The number of thiocarbonyl (C=S) groups is 1. The van der Waals surface area contributed by atoms with Gasteiger partial charge in [-0.25, -0.2) is 4.79 Å². The van der Waals surface area contributed by atoms with Gasteiger partial charge in [-0.05, 0) is 53.9 Å². The van der Waals surface area contributed by atoms with Gasteiger partial charge in [-0.15, -0.1) is 5.75 Å². The maximum atomic E-state index is 12.4. The van der Waals surface area contributed by atoms with Crippen molar-refractivity contribution in [1.29, 1.82) is 0 Å². The number of carbonyl (C=O) groups is 4. The average molecular weight is 651 g/mol. The quantitative estimate of drug-likeness (QED) is 0.0504. The molecule has 2 aromatic rings. The summed E-state index contributed by atoms with van der Waals surface area (Å²) in [6.45, 7) is -0.122. The summed E-state index contributed by atoms with van der Waals surface area (Å²) in [6.07, 6.45) is 0.183. The Morgan fingerprint density at radius 1 is 0.844 bits per heavy atom. The largest absolute Gasteiger partial charge is 0.872 e. The van der Waals surface area contributed by atoms with Crippen LogP contribution in [-0.2, 0) is 14.4 Å². The van der Waals surface area contributed by atoms with Gasteiger partial charge in [0.25, 0.3) is 0 Å². The number of amides is 3. The molecule has 0 bridgehead atoms. The van der Waals surface area contributed by atoms with Crippen molar-refractivity contribution in [2.24, 2.45) is 0 Å². The lowest BCUT2D eigenvalue weighted by Crippen LogP contribution is -2.43. The van der Waals surface area contributed by atoms with E-state index in [1.54, 1.807) is 24.3 Å². The van der Waals surface area contributed by atoms with Gasteiger partial charge in [0.15, 0.2) is 10.5 Å². The van der Waals surface area contributed by atoms with Crippen molar-refractivity contribution in [1.82, 2.24) is 21.3 Å². The van der Waals surface area contributed by atoms with Crippen molar-refractivity contribution in [3.05, 3.63) is 70.4 Å². The van der Waals surface area contributed by atoms with Crippen molar-refractivity contribution in [3.63, 3.8) is 0 Å². The van der Waals surface area contributed by atoms with Gasteiger partial charge < -0.3 is 41.2 Å². The van der Waals surface area contributed by atoms with E-state index in [0.29, 0.717) is 33.5 Å². The van der Waals surface area contributed by atoms with E-state index < -0.39 is 17.8 Å². The standard InChI is InChI=1S/C30H29N5O8S2/c36-17-2-5-20-23(12-17)43-24-13-18(37)3-6-21(24)28(20)19-4-1-16(11-22(19)29(41)42)35-30(45)32-9-8-31-26(39)14-34-27(40)15-33-25(38)7-10-44/h1-6,11-13,36,44H,7-10,14-15H2,(H,31,39)(H,33,38)(H,34,40)(H,41,42)(H2,32,35,45)/p-1. The third-order valence-electron chi connectivity index (χ3n) is 6.41. The molecule has 45 heavy (non-hydrogen) atoms. The number of hydrogen-bond acceptors (Lipinski definition) is 9. The summed E-state index contributed by atoms with van der Waals surface area (Å²) in [5, 5.41) is 36.0. The Kier molecular flexibility index (Phi) is 10.9. The van der Waals surface area contributed by atoms with Crippen LogP contribution >= 0.6 is 24.8 Å². The summed E-state index contributed by atoms with van der Waals surface area (Å²) in [4.78, 5) is 59.5. The molecule has 0 spiro atoms. The minimum Gasteiger partial charge on any atom is -0.872 e. The zero-order valence-electron chi connectivity index (χ0n) is 23.6. The van der Waals surface area contributed by atoms with E-state index in [4.69, 9.17) is 16.6 Å². The second-order valence-electron chi connectivity index (χ2n) is 9.62. The minimum absolute atomic E-state index is 0.0652. The summed E-state index contributed by atoms with van der Waals surface area (Å²) >= 11 is 9.24. The molecule has 1 aliphatic carbocycles. The van der Waals surface area contributed by atoms with Gasteiger partial charge in [-0.2, -0.15) is 12.6 Å². The van der Waals surface area contributed by atoms with Crippen molar-refractivity contribution in [3.8, 4) is 28.2 Å². The first-order valence-corrected chi connectivity index (χ1v) is 14.6. The van der Waals surface area contributed by atoms with Crippen LogP contribution < -0.4 is 37.1 Å². The number of fused-ring (bicyclic) bond motifs is 2. The fourth-order valence-corrected chi connectivity index (χ4v) is 4.81. The van der Waals surface area contributed by atoms with E-state index in [-0.39, 0.29) is 71.7 Å².